The average Bonchev–Trinajstić information content (AvgIpc) is 4.08. The average molecular weight is 812 g/mol. The molecule has 292 valence electrons. The fourth-order valence-electron chi connectivity index (χ4n) is 6.45. The second-order valence-electron chi connectivity index (χ2n) is 13.7. The van der Waals surface area contributed by atoms with E-state index in [4.69, 9.17) is 34.2 Å². The molecule has 4 aliphatic rings. The fraction of sp³-hybridized carbons (Fsp3) is 0.300. The molecule has 56 heavy (non-hydrogen) atoms. The molecule has 4 aliphatic carbocycles. The summed E-state index contributed by atoms with van der Waals surface area (Å²) in [5.74, 6) is -2.82. The number of nitriles is 1. The van der Waals surface area contributed by atoms with Gasteiger partial charge in [-0.05, 0) is 123 Å². The van der Waals surface area contributed by atoms with Gasteiger partial charge < -0.3 is 31.7 Å². The Bertz CT molecular complexity index is 2210. The molecule has 0 aromatic heterocycles. The predicted molar refractivity (Wildman–Crippen MR) is 202 cm³/mol. The zero-order valence-electron chi connectivity index (χ0n) is 29.7. The van der Waals surface area contributed by atoms with Crippen LogP contribution in [0.4, 0.5) is 33.7 Å². The van der Waals surface area contributed by atoms with Crippen molar-refractivity contribution in [2.75, 3.05) is 10.6 Å². The lowest BCUT2D eigenvalue weighted by Crippen LogP contribution is -2.38. The minimum absolute atomic E-state index is 0.0795. The molecule has 2 atom stereocenters. The third-order valence-electron chi connectivity index (χ3n) is 9.52. The number of hydrogen-bond donors (Lipinski definition) is 5. The summed E-state index contributed by atoms with van der Waals surface area (Å²) >= 11 is 11.4. The smallest absolute Gasteiger partial charge is 0.315 e. The predicted octanol–water partition coefficient (Wildman–Crippen LogP) is 8.78. The molecule has 0 unspecified atom stereocenters. The van der Waals surface area contributed by atoms with Crippen LogP contribution in [-0.4, -0.2) is 30.0 Å². The van der Waals surface area contributed by atoms with Crippen molar-refractivity contribution in [3.63, 3.8) is 0 Å². The van der Waals surface area contributed by atoms with Crippen molar-refractivity contribution in [2.45, 2.75) is 75.6 Å². The van der Waals surface area contributed by atoms with Crippen molar-refractivity contribution < 1.29 is 36.7 Å². The van der Waals surface area contributed by atoms with Gasteiger partial charge in [0.2, 0.25) is 0 Å². The van der Waals surface area contributed by atoms with E-state index in [-0.39, 0.29) is 40.1 Å². The topological polar surface area (TPSA) is 158 Å². The van der Waals surface area contributed by atoms with Crippen molar-refractivity contribution in [3.05, 3.63) is 127 Å². The van der Waals surface area contributed by atoms with Crippen molar-refractivity contribution in [1.29, 1.82) is 5.26 Å². The summed E-state index contributed by atoms with van der Waals surface area (Å²) in [6.07, 6.45) is 8.13. The Kier molecular flexibility index (Phi) is 12.7. The van der Waals surface area contributed by atoms with Crippen LogP contribution in [0.1, 0.15) is 93.6 Å². The molecular formula is C40H36Cl2F4N6O4. The molecule has 4 amide bonds. The zero-order chi connectivity index (χ0) is 40.1. The Morgan fingerprint density at radius 2 is 1.18 bits per heavy atom. The Morgan fingerprint density at radius 3 is 1.66 bits per heavy atom. The molecule has 4 aromatic rings. The summed E-state index contributed by atoms with van der Waals surface area (Å²) in [7, 11) is 0. The van der Waals surface area contributed by atoms with E-state index in [1.807, 2.05) is 0 Å². The van der Waals surface area contributed by atoms with Crippen LogP contribution in [0.15, 0.2) is 60.7 Å². The number of benzene rings is 4. The van der Waals surface area contributed by atoms with Crippen LogP contribution in [0, 0.1) is 34.8 Å². The number of ether oxygens (including phenoxy) is 1. The Labute approximate surface area is 329 Å². The quantitative estimate of drug-likeness (QED) is 0.0928. The third-order valence-corrected chi connectivity index (χ3v) is 10.1. The number of carbonyl (C=O) groups excluding carboxylic acids is 3. The first kappa shape index (κ1) is 40.3. The van der Waals surface area contributed by atoms with E-state index >= 15 is 0 Å². The maximum absolute atomic E-state index is 14.5. The molecule has 0 radical (unpaired) electrons. The molecule has 2 saturated carbocycles. The van der Waals surface area contributed by atoms with E-state index in [9.17, 15) is 31.9 Å². The molecule has 0 bridgehead atoms. The number of hydrogen-bond acceptors (Lipinski definition) is 6. The second-order valence-corrected chi connectivity index (χ2v) is 14.5. The number of rotatable bonds is 7. The van der Waals surface area contributed by atoms with Crippen molar-refractivity contribution in [3.8, 4) is 6.26 Å². The second kappa shape index (κ2) is 17.6. The van der Waals surface area contributed by atoms with Gasteiger partial charge >= 0.3 is 6.03 Å². The van der Waals surface area contributed by atoms with Crippen LogP contribution in [0.3, 0.4) is 0 Å². The van der Waals surface area contributed by atoms with Gasteiger partial charge in [-0.1, -0.05) is 23.2 Å². The summed E-state index contributed by atoms with van der Waals surface area (Å²) in [5.41, 5.74) is 9.25. The lowest BCUT2D eigenvalue weighted by atomic mass is 10.0. The summed E-state index contributed by atoms with van der Waals surface area (Å²) in [6, 6.07) is 12.1. The number of anilines is 2. The highest BCUT2D eigenvalue weighted by Crippen LogP contribution is 2.37. The number of halogens is 6. The van der Waals surface area contributed by atoms with Gasteiger partial charge in [0.15, 0.2) is 0 Å². The van der Waals surface area contributed by atoms with Crippen LogP contribution < -0.4 is 27.0 Å². The highest BCUT2D eigenvalue weighted by molar-refractivity contribution is 6.31. The van der Waals surface area contributed by atoms with Crippen LogP contribution in [0.2, 0.25) is 10.0 Å². The molecule has 0 saturated heterocycles. The minimum atomic E-state index is -0.583. The molecule has 6 N–H and O–H groups in total. The molecule has 4 aromatic carbocycles. The molecule has 0 heterocycles. The van der Waals surface area contributed by atoms with Gasteiger partial charge in [0.05, 0.1) is 16.1 Å². The highest BCUT2D eigenvalue weighted by atomic mass is 35.5. The Morgan fingerprint density at radius 1 is 0.679 bits per heavy atom. The van der Waals surface area contributed by atoms with Gasteiger partial charge in [0.1, 0.15) is 29.4 Å². The van der Waals surface area contributed by atoms with E-state index in [0.717, 1.165) is 31.7 Å². The summed E-state index contributed by atoms with van der Waals surface area (Å²) < 4.78 is 59.2. The first-order valence-corrected chi connectivity index (χ1v) is 18.6. The molecule has 0 spiro atoms. The van der Waals surface area contributed by atoms with Gasteiger partial charge in [-0.3, -0.25) is 9.59 Å². The first-order chi connectivity index (χ1) is 26.8. The van der Waals surface area contributed by atoms with E-state index in [1.54, 1.807) is 6.26 Å². The maximum atomic E-state index is 14.5. The molecule has 2 fully saturated rings. The number of urea groups is 1. The van der Waals surface area contributed by atoms with Gasteiger partial charge in [-0.25, -0.2) is 22.4 Å². The molecule has 0 aliphatic heterocycles. The molecular weight excluding hydrogens is 775 g/mol. The van der Waals surface area contributed by atoms with Crippen LogP contribution in [0.25, 0.3) is 0 Å². The first-order valence-electron chi connectivity index (χ1n) is 17.9. The fourth-order valence-corrected chi connectivity index (χ4v) is 6.81. The number of nitrogens with two attached hydrogens (primary N) is 1. The van der Waals surface area contributed by atoms with Gasteiger partial charge in [-0.15, -0.1) is 0 Å². The van der Waals surface area contributed by atoms with Gasteiger partial charge in [-0.2, -0.15) is 5.26 Å². The summed E-state index contributed by atoms with van der Waals surface area (Å²) in [5, 5.41) is 18.5. The normalized spacial score (nSPS) is 17.4. The minimum Gasteiger partial charge on any atom is -0.424 e. The molecule has 16 heteroatoms. The number of carbonyl (C=O) groups is 3. The summed E-state index contributed by atoms with van der Waals surface area (Å²) in [6.45, 7) is 0. The zero-order valence-corrected chi connectivity index (χ0v) is 31.2. The van der Waals surface area contributed by atoms with Crippen LogP contribution in [-0.2, 0) is 17.6 Å². The molecule has 8 rings (SSSR count). The largest absolute Gasteiger partial charge is 0.424 e. The lowest BCUT2D eigenvalue weighted by molar-refractivity contribution is 0.101. The summed E-state index contributed by atoms with van der Waals surface area (Å²) in [4.78, 5) is 37.1. The van der Waals surface area contributed by atoms with Crippen LogP contribution in [0.5, 0.6) is 0 Å². The SMILES string of the molecule is N#COC1CC1.N[C@H]1CCc2c(C(=O)Nc3ccc(F)c(Cl)c3)ccc(F)c21.O=C(NC1CC1)N[C@H]1CCc2c(C(=O)Nc3ccc(F)c(Cl)c3)ccc(F)c21. The number of fused-ring (bicyclic) bond motifs is 2. The maximum Gasteiger partial charge on any atom is 0.315 e. The number of nitrogens with one attached hydrogen (secondary N) is 4. The number of nitrogens with zero attached hydrogens (tertiary/aromatic N) is 1. The van der Waals surface area contributed by atoms with Gasteiger partial charge in [0.25, 0.3) is 18.1 Å². The van der Waals surface area contributed by atoms with E-state index in [2.05, 4.69) is 26.0 Å². The van der Waals surface area contributed by atoms with Crippen molar-refractivity contribution in [2.24, 2.45) is 5.73 Å². The highest BCUT2D eigenvalue weighted by Gasteiger charge is 2.33. The Balaban J connectivity index is 0.000000168. The van der Waals surface area contributed by atoms with Crippen LogP contribution >= 0.6 is 23.2 Å². The van der Waals surface area contributed by atoms with E-state index in [1.165, 1.54) is 54.6 Å². The van der Waals surface area contributed by atoms with Crippen molar-refractivity contribution in [1.82, 2.24) is 10.6 Å². The monoisotopic (exact) mass is 810 g/mol. The standard InChI is InChI=1S/C20H18ClF2N3O2.C16H13ClF2N2O.C4H5NO/c21-14-9-11(3-6-15(14)22)24-19(27)13-4-7-16(23)18-12(13)5-8-17(18)26-20(28)25-10-1-2-10;17-11-7-8(1-4-12(11)18)21-16(22)10-2-5-13(19)15-9(10)3-6-14(15)20;5-3-6-4-1-2-4/h3-4,6-7,9-10,17H,1-2,5,8H2,(H,24,27)(H2,25,26,28);1-2,4-5,7,14H,3,6,20H2,(H,21,22);4H,1-2H2/t17-;14-;/m00./s1. The van der Waals surface area contributed by atoms with Gasteiger partial charge in [0, 0.05) is 45.7 Å². The third kappa shape index (κ3) is 9.89. The van der Waals surface area contributed by atoms with E-state index in [0.29, 0.717) is 70.4 Å². The molecule has 10 nitrogen and oxygen atoms in total. The van der Waals surface area contributed by atoms with Crippen molar-refractivity contribution >= 4 is 52.4 Å². The van der Waals surface area contributed by atoms with E-state index < -0.39 is 35.3 Å². The lowest BCUT2D eigenvalue weighted by Gasteiger charge is -2.16. The number of amides is 4. The Hall–Kier alpha value is -5.36.